The van der Waals surface area contributed by atoms with Crippen molar-refractivity contribution in [3.8, 4) is 0 Å². The molecule has 17 heavy (non-hydrogen) atoms. The molecule has 0 aromatic carbocycles. The van der Waals surface area contributed by atoms with E-state index in [-0.39, 0.29) is 0 Å². The van der Waals surface area contributed by atoms with E-state index in [1.807, 2.05) is 20.2 Å². The van der Waals surface area contributed by atoms with Gasteiger partial charge in [0.25, 0.3) is 0 Å². The summed E-state index contributed by atoms with van der Waals surface area (Å²) in [5, 5.41) is 3.21. The molecule has 0 bridgehead atoms. The zero-order chi connectivity index (χ0) is 12.8. The summed E-state index contributed by atoms with van der Waals surface area (Å²) in [5.41, 5.74) is 3.66. The van der Waals surface area contributed by atoms with Crippen LogP contribution >= 0.6 is 0 Å². The fraction of sp³-hybridized carbons (Fsp3) is 0.643. The van der Waals surface area contributed by atoms with Crippen molar-refractivity contribution in [2.24, 2.45) is 0 Å². The van der Waals surface area contributed by atoms with Crippen molar-refractivity contribution in [1.29, 1.82) is 0 Å². The van der Waals surface area contributed by atoms with Crippen molar-refractivity contribution in [2.45, 2.75) is 46.2 Å². The molecule has 1 rings (SSSR count). The molecule has 0 aliphatic carbocycles. The van der Waals surface area contributed by atoms with E-state index in [1.54, 1.807) is 0 Å². The number of aromatic nitrogens is 1. The minimum atomic E-state index is 0.604. The Hall–Kier alpha value is -1.09. The first kappa shape index (κ1) is 14.0. The fourth-order valence-electron chi connectivity index (χ4n) is 2.26. The van der Waals surface area contributed by atoms with Crippen molar-refractivity contribution < 1.29 is 0 Å². The number of hydrogen-bond acceptors (Lipinski definition) is 3. The van der Waals surface area contributed by atoms with Crippen LogP contribution in [-0.4, -0.2) is 25.1 Å². The topological polar surface area (TPSA) is 28.2 Å². The number of anilines is 1. The molecule has 0 saturated carbocycles. The van der Waals surface area contributed by atoms with E-state index in [1.165, 1.54) is 24.1 Å². The Morgan fingerprint density at radius 2 is 2.00 bits per heavy atom. The molecule has 0 spiro atoms. The van der Waals surface area contributed by atoms with Crippen molar-refractivity contribution in [2.75, 3.05) is 19.0 Å². The van der Waals surface area contributed by atoms with Gasteiger partial charge in [0.15, 0.2) is 0 Å². The van der Waals surface area contributed by atoms with Gasteiger partial charge in [-0.25, -0.2) is 0 Å². The van der Waals surface area contributed by atoms with Gasteiger partial charge >= 0.3 is 0 Å². The van der Waals surface area contributed by atoms with E-state index in [0.29, 0.717) is 6.04 Å². The lowest BCUT2D eigenvalue weighted by atomic mass is 10.1. The Morgan fingerprint density at radius 3 is 2.53 bits per heavy atom. The predicted molar refractivity (Wildman–Crippen MR) is 74.5 cm³/mol. The fourth-order valence-corrected chi connectivity index (χ4v) is 2.26. The quantitative estimate of drug-likeness (QED) is 0.821. The molecule has 0 atom stereocenters. The zero-order valence-electron chi connectivity index (χ0n) is 11.7. The van der Waals surface area contributed by atoms with Crippen LogP contribution < -0.4 is 10.2 Å². The van der Waals surface area contributed by atoms with Crippen LogP contribution in [0.5, 0.6) is 0 Å². The Kier molecular flexibility index (Phi) is 5.42. The molecule has 0 amide bonds. The van der Waals surface area contributed by atoms with Gasteiger partial charge in [-0.1, -0.05) is 13.8 Å². The maximum absolute atomic E-state index is 4.39. The molecule has 3 heteroatoms. The lowest BCUT2D eigenvalue weighted by molar-refractivity contribution is 0.588. The van der Waals surface area contributed by atoms with Crippen LogP contribution in [0.4, 0.5) is 5.69 Å². The van der Waals surface area contributed by atoms with Gasteiger partial charge in [-0.15, -0.1) is 0 Å². The van der Waals surface area contributed by atoms with Gasteiger partial charge in [0.05, 0.1) is 0 Å². The van der Waals surface area contributed by atoms with Crippen LogP contribution in [0.15, 0.2) is 12.3 Å². The van der Waals surface area contributed by atoms with E-state index < -0.39 is 0 Å². The van der Waals surface area contributed by atoms with E-state index >= 15 is 0 Å². The third-order valence-electron chi connectivity index (χ3n) is 3.34. The summed E-state index contributed by atoms with van der Waals surface area (Å²) in [5.74, 6) is 0. The summed E-state index contributed by atoms with van der Waals surface area (Å²) in [6.45, 7) is 7.41. The molecule has 1 aromatic rings. The number of rotatable bonds is 6. The molecule has 0 unspecified atom stereocenters. The second kappa shape index (κ2) is 6.60. The third kappa shape index (κ3) is 3.43. The predicted octanol–water partition coefficient (Wildman–Crippen LogP) is 2.73. The van der Waals surface area contributed by atoms with Gasteiger partial charge < -0.3 is 10.2 Å². The molecule has 3 nitrogen and oxygen atoms in total. The molecule has 1 aromatic heterocycles. The van der Waals surface area contributed by atoms with Gasteiger partial charge in [0.2, 0.25) is 0 Å². The highest BCUT2D eigenvalue weighted by molar-refractivity contribution is 5.53. The smallest absolute Gasteiger partial charge is 0.0445 e. The summed E-state index contributed by atoms with van der Waals surface area (Å²) in [4.78, 5) is 6.78. The molecule has 1 heterocycles. The minimum absolute atomic E-state index is 0.604. The Labute approximate surface area is 105 Å². The van der Waals surface area contributed by atoms with Crippen molar-refractivity contribution in [1.82, 2.24) is 10.3 Å². The molecule has 0 saturated heterocycles. The van der Waals surface area contributed by atoms with Crippen LogP contribution in [0.25, 0.3) is 0 Å². The molecule has 0 aliphatic heterocycles. The van der Waals surface area contributed by atoms with E-state index in [9.17, 15) is 0 Å². The van der Waals surface area contributed by atoms with E-state index in [4.69, 9.17) is 0 Å². The SMILES string of the molecule is CCC(CC)N(C)c1cc(C)ncc1CNC. The lowest BCUT2D eigenvalue weighted by Crippen LogP contribution is -2.31. The highest BCUT2D eigenvalue weighted by atomic mass is 15.1. The molecule has 0 radical (unpaired) electrons. The van der Waals surface area contributed by atoms with Gasteiger partial charge in [-0.3, -0.25) is 4.98 Å². The number of aryl methyl sites for hydroxylation is 1. The van der Waals surface area contributed by atoms with E-state index in [0.717, 1.165) is 12.2 Å². The number of hydrogen-bond donors (Lipinski definition) is 1. The van der Waals surface area contributed by atoms with Gasteiger partial charge in [-0.05, 0) is 32.9 Å². The van der Waals surface area contributed by atoms with Crippen LogP contribution in [-0.2, 0) is 6.54 Å². The Bertz CT molecular complexity index is 345. The largest absolute Gasteiger partial charge is 0.371 e. The minimum Gasteiger partial charge on any atom is -0.371 e. The number of nitrogens with one attached hydrogen (secondary N) is 1. The molecule has 0 fully saturated rings. The van der Waals surface area contributed by atoms with Crippen LogP contribution in [0.3, 0.4) is 0 Å². The van der Waals surface area contributed by atoms with Crippen molar-refractivity contribution >= 4 is 5.69 Å². The first-order valence-electron chi connectivity index (χ1n) is 6.46. The average Bonchev–Trinajstić information content (AvgIpc) is 2.33. The second-order valence-corrected chi connectivity index (χ2v) is 4.57. The summed E-state index contributed by atoms with van der Waals surface area (Å²) in [6, 6.07) is 2.79. The van der Waals surface area contributed by atoms with Crippen molar-refractivity contribution in [3.05, 3.63) is 23.5 Å². The lowest BCUT2D eigenvalue weighted by Gasteiger charge is -2.30. The van der Waals surface area contributed by atoms with E-state index in [2.05, 4.69) is 42.2 Å². The van der Waals surface area contributed by atoms with Gasteiger partial charge in [0.1, 0.15) is 0 Å². The van der Waals surface area contributed by atoms with Gasteiger partial charge in [-0.2, -0.15) is 0 Å². The molecular formula is C14H25N3. The number of pyridine rings is 1. The number of nitrogens with zero attached hydrogens (tertiary/aromatic N) is 2. The highest BCUT2D eigenvalue weighted by Crippen LogP contribution is 2.23. The summed E-state index contributed by atoms with van der Waals surface area (Å²) in [7, 11) is 4.16. The second-order valence-electron chi connectivity index (χ2n) is 4.57. The standard InChI is InChI=1S/C14H25N3/c1-6-13(7-2)17(5)14-8-11(3)16-10-12(14)9-15-4/h8,10,13,15H,6-7,9H2,1-5H3. The Morgan fingerprint density at radius 1 is 1.35 bits per heavy atom. The zero-order valence-corrected chi connectivity index (χ0v) is 11.7. The third-order valence-corrected chi connectivity index (χ3v) is 3.34. The Balaban J connectivity index is 3.04. The maximum Gasteiger partial charge on any atom is 0.0445 e. The van der Waals surface area contributed by atoms with Crippen LogP contribution in [0.2, 0.25) is 0 Å². The normalized spacial score (nSPS) is 10.9. The van der Waals surface area contributed by atoms with Crippen LogP contribution in [0.1, 0.15) is 37.9 Å². The highest BCUT2D eigenvalue weighted by Gasteiger charge is 2.14. The summed E-state index contributed by atoms with van der Waals surface area (Å²) in [6.07, 6.45) is 4.33. The molecular weight excluding hydrogens is 210 g/mol. The monoisotopic (exact) mass is 235 g/mol. The summed E-state index contributed by atoms with van der Waals surface area (Å²) < 4.78 is 0. The maximum atomic E-state index is 4.39. The summed E-state index contributed by atoms with van der Waals surface area (Å²) >= 11 is 0. The van der Waals surface area contributed by atoms with Crippen LogP contribution in [0, 0.1) is 6.92 Å². The van der Waals surface area contributed by atoms with Gasteiger partial charge in [0, 0.05) is 42.8 Å². The molecule has 1 N–H and O–H groups in total. The molecule has 0 aliphatic rings. The van der Waals surface area contributed by atoms with Crippen molar-refractivity contribution in [3.63, 3.8) is 0 Å². The molecule has 96 valence electrons. The first-order valence-corrected chi connectivity index (χ1v) is 6.46. The first-order chi connectivity index (χ1) is 8.13. The average molecular weight is 235 g/mol.